The van der Waals surface area contributed by atoms with Crippen LogP contribution in [0.4, 0.5) is 0 Å². The van der Waals surface area contributed by atoms with E-state index < -0.39 is 0 Å². The van der Waals surface area contributed by atoms with Crippen LogP contribution in [0.3, 0.4) is 0 Å². The molecule has 2 atom stereocenters. The lowest BCUT2D eigenvalue weighted by molar-refractivity contribution is 0.116. The second kappa shape index (κ2) is 7.65. The maximum atomic E-state index is 9.28. The Hall–Kier alpha value is -0.590. The van der Waals surface area contributed by atoms with Gasteiger partial charge in [-0.3, -0.25) is 4.90 Å². The largest absolute Gasteiger partial charge is 0.396 e. The first-order valence-corrected chi connectivity index (χ1v) is 6.58. The fraction of sp³-hybridized carbons (Fsp3) is 0.923. The van der Waals surface area contributed by atoms with Gasteiger partial charge in [-0.2, -0.15) is 5.26 Å². The summed E-state index contributed by atoms with van der Waals surface area (Å²) in [6.45, 7) is 4.58. The van der Waals surface area contributed by atoms with Gasteiger partial charge in [-0.15, -0.1) is 0 Å². The maximum Gasteiger partial charge on any atom is 0.101 e. The predicted molar refractivity (Wildman–Crippen MR) is 64.9 cm³/mol. The van der Waals surface area contributed by atoms with Gasteiger partial charge < -0.3 is 5.11 Å². The summed E-state index contributed by atoms with van der Waals surface area (Å²) in [5, 5.41) is 18.1. The molecule has 0 aromatic rings. The van der Waals surface area contributed by atoms with Crippen LogP contribution in [0.2, 0.25) is 0 Å². The number of hydrogen-bond acceptors (Lipinski definition) is 3. The molecule has 1 N–H and O–H groups in total. The van der Waals surface area contributed by atoms with E-state index in [0.717, 1.165) is 32.4 Å². The summed E-state index contributed by atoms with van der Waals surface area (Å²) in [6, 6.07) is 2.56. The Balaban J connectivity index is 2.48. The number of nitrogens with zero attached hydrogens (tertiary/aromatic N) is 2. The summed E-state index contributed by atoms with van der Waals surface area (Å²) in [5.41, 5.74) is 0. The average Bonchev–Trinajstić information content (AvgIpc) is 2.33. The third kappa shape index (κ3) is 3.77. The minimum absolute atomic E-state index is 0.0897. The van der Waals surface area contributed by atoms with Crippen molar-refractivity contribution in [2.45, 2.75) is 51.5 Å². The topological polar surface area (TPSA) is 47.3 Å². The lowest BCUT2D eigenvalue weighted by atomic mass is 9.86. The Morgan fingerprint density at radius 3 is 2.88 bits per heavy atom. The molecule has 3 nitrogen and oxygen atoms in total. The molecule has 1 rings (SSSR count). The molecule has 1 aliphatic heterocycles. The first-order valence-electron chi connectivity index (χ1n) is 6.58. The molecule has 0 aromatic heterocycles. The lowest BCUT2D eigenvalue weighted by Gasteiger charge is -2.37. The molecule has 92 valence electrons. The van der Waals surface area contributed by atoms with Gasteiger partial charge in [0.2, 0.25) is 0 Å². The number of aliphatic hydroxyl groups is 1. The summed E-state index contributed by atoms with van der Waals surface area (Å²) in [6.07, 6.45) is 6.57. The average molecular weight is 224 g/mol. The Labute approximate surface area is 99.1 Å². The third-order valence-corrected chi connectivity index (χ3v) is 3.52. The highest BCUT2D eigenvalue weighted by molar-refractivity contribution is 4.98. The highest BCUT2D eigenvalue weighted by atomic mass is 16.2. The van der Waals surface area contributed by atoms with E-state index in [-0.39, 0.29) is 12.6 Å². The number of piperidine rings is 1. The molecule has 0 bridgehead atoms. The smallest absolute Gasteiger partial charge is 0.101 e. The summed E-state index contributed by atoms with van der Waals surface area (Å²) in [7, 11) is 0. The van der Waals surface area contributed by atoms with E-state index >= 15 is 0 Å². The molecule has 0 spiro atoms. The van der Waals surface area contributed by atoms with Crippen LogP contribution in [0.15, 0.2) is 0 Å². The summed E-state index contributed by atoms with van der Waals surface area (Å²) in [4.78, 5) is 2.34. The Morgan fingerprint density at radius 2 is 2.25 bits per heavy atom. The number of aliphatic hydroxyl groups excluding tert-OH is 1. The predicted octanol–water partition coefficient (Wildman–Crippen LogP) is 2.16. The molecule has 0 radical (unpaired) electrons. The second-order valence-corrected chi connectivity index (χ2v) is 4.73. The van der Waals surface area contributed by atoms with Crippen LogP contribution in [0.5, 0.6) is 0 Å². The second-order valence-electron chi connectivity index (χ2n) is 4.73. The quantitative estimate of drug-likeness (QED) is 0.752. The SMILES string of the molecule is CCCCN1CCCC(CCCO)C1C#N. The van der Waals surface area contributed by atoms with Gasteiger partial charge in [0.05, 0.1) is 6.07 Å². The minimum atomic E-state index is 0.0897. The van der Waals surface area contributed by atoms with Crippen molar-refractivity contribution < 1.29 is 5.11 Å². The van der Waals surface area contributed by atoms with Gasteiger partial charge in [0.25, 0.3) is 0 Å². The first kappa shape index (κ1) is 13.5. The molecule has 0 saturated carbocycles. The number of hydrogen-bond donors (Lipinski definition) is 1. The number of unbranched alkanes of at least 4 members (excludes halogenated alkanes) is 1. The van der Waals surface area contributed by atoms with Crippen molar-refractivity contribution in [1.82, 2.24) is 4.90 Å². The summed E-state index contributed by atoms with van der Waals surface area (Å²) < 4.78 is 0. The van der Waals surface area contributed by atoms with Gasteiger partial charge >= 0.3 is 0 Å². The zero-order chi connectivity index (χ0) is 11.8. The van der Waals surface area contributed by atoms with Crippen molar-refractivity contribution in [3.05, 3.63) is 0 Å². The van der Waals surface area contributed by atoms with E-state index in [0.29, 0.717) is 5.92 Å². The van der Waals surface area contributed by atoms with Crippen LogP contribution in [-0.4, -0.2) is 35.7 Å². The van der Waals surface area contributed by atoms with Crippen LogP contribution in [0.1, 0.15) is 45.4 Å². The van der Waals surface area contributed by atoms with E-state index in [1.165, 1.54) is 19.3 Å². The van der Waals surface area contributed by atoms with Crippen molar-refractivity contribution in [3.63, 3.8) is 0 Å². The number of likely N-dealkylation sites (tertiary alicyclic amines) is 1. The molecule has 1 fully saturated rings. The lowest BCUT2D eigenvalue weighted by Crippen LogP contribution is -2.44. The Morgan fingerprint density at radius 1 is 1.44 bits per heavy atom. The molecular weight excluding hydrogens is 200 g/mol. The van der Waals surface area contributed by atoms with Crippen LogP contribution < -0.4 is 0 Å². The van der Waals surface area contributed by atoms with E-state index in [4.69, 9.17) is 5.11 Å². The van der Waals surface area contributed by atoms with E-state index in [2.05, 4.69) is 17.9 Å². The highest BCUT2D eigenvalue weighted by Crippen LogP contribution is 2.27. The molecule has 0 amide bonds. The van der Waals surface area contributed by atoms with Crippen LogP contribution in [-0.2, 0) is 0 Å². The Kier molecular flexibility index (Phi) is 6.44. The Bertz CT molecular complexity index is 208. The van der Waals surface area contributed by atoms with Crippen molar-refractivity contribution in [2.24, 2.45) is 5.92 Å². The van der Waals surface area contributed by atoms with Crippen LogP contribution in [0.25, 0.3) is 0 Å². The molecule has 2 unspecified atom stereocenters. The van der Waals surface area contributed by atoms with Crippen molar-refractivity contribution in [3.8, 4) is 6.07 Å². The summed E-state index contributed by atoms with van der Waals surface area (Å²) >= 11 is 0. The molecule has 1 heterocycles. The fourth-order valence-corrected chi connectivity index (χ4v) is 2.61. The van der Waals surface area contributed by atoms with Crippen molar-refractivity contribution >= 4 is 0 Å². The normalized spacial score (nSPS) is 26.6. The zero-order valence-corrected chi connectivity index (χ0v) is 10.4. The van der Waals surface area contributed by atoms with Gasteiger partial charge in [0.1, 0.15) is 6.04 Å². The molecule has 16 heavy (non-hydrogen) atoms. The van der Waals surface area contributed by atoms with Gasteiger partial charge in [0.15, 0.2) is 0 Å². The van der Waals surface area contributed by atoms with Gasteiger partial charge in [-0.25, -0.2) is 0 Å². The van der Waals surface area contributed by atoms with Crippen LogP contribution >= 0.6 is 0 Å². The highest BCUT2D eigenvalue weighted by Gasteiger charge is 2.30. The summed E-state index contributed by atoms with van der Waals surface area (Å²) in [5.74, 6) is 0.475. The molecule has 3 heteroatoms. The number of rotatable bonds is 6. The van der Waals surface area contributed by atoms with Crippen molar-refractivity contribution in [1.29, 1.82) is 5.26 Å². The van der Waals surface area contributed by atoms with Gasteiger partial charge in [0, 0.05) is 6.61 Å². The molecule has 0 aromatic carbocycles. The maximum absolute atomic E-state index is 9.28. The standard InChI is InChI=1S/C13H24N2O/c1-2-3-8-15-9-4-6-12(7-5-10-16)13(15)11-14/h12-13,16H,2-10H2,1H3. The zero-order valence-electron chi connectivity index (χ0n) is 10.4. The van der Waals surface area contributed by atoms with Crippen LogP contribution in [0, 0.1) is 17.2 Å². The third-order valence-electron chi connectivity index (χ3n) is 3.52. The van der Waals surface area contributed by atoms with Crippen molar-refractivity contribution in [2.75, 3.05) is 19.7 Å². The van der Waals surface area contributed by atoms with Gasteiger partial charge in [-0.1, -0.05) is 13.3 Å². The van der Waals surface area contributed by atoms with Gasteiger partial charge in [-0.05, 0) is 51.1 Å². The molecule has 0 aliphatic carbocycles. The molecular formula is C13H24N2O. The van der Waals surface area contributed by atoms with E-state index in [9.17, 15) is 5.26 Å². The first-order chi connectivity index (χ1) is 7.83. The fourth-order valence-electron chi connectivity index (χ4n) is 2.61. The number of nitriles is 1. The molecule has 1 saturated heterocycles. The molecule has 1 aliphatic rings. The minimum Gasteiger partial charge on any atom is -0.396 e. The van der Waals surface area contributed by atoms with E-state index in [1.807, 2.05) is 0 Å². The van der Waals surface area contributed by atoms with E-state index in [1.54, 1.807) is 0 Å². The monoisotopic (exact) mass is 224 g/mol.